The van der Waals surface area contributed by atoms with E-state index in [2.05, 4.69) is 54.4 Å². The maximum Gasteiger partial charge on any atom is 0.0130 e. The first-order chi connectivity index (χ1) is 8.29. The molecule has 1 heterocycles. The van der Waals surface area contributed by atoms with E-state index in [4.69, 9.17) is 0 Å². The van der Waals surface area contributed by atoms with Crippen LogP contribution in [0.1, 0.15) is 12.0 Å². The summed E-state index contributed by atoms with van der Waals surface area (Å²) in [6.45, 7) is 2.52. The summed E-state index contributed by atoms with van der Waals surface area (Å²) in [5.41, 5.74) is 2.07. The van der Waals surface area contributed by atoms with Crippen molar-refractivity contribution in [2.24, 2.45) is 5.92 Å². The zero-order chi connectivity index (χ0) is 11.5. The van der Waals surface area contributed by atoms with Crippen molar-refractivity contribution in [2.45, 2.75) is 11.8 Å². The maximum atomic E-state index is 2.48. The highest BCUT2D eigenvalue weighted by molar-refractivity contribution is 5.87. The Bertz CT molecular complexity index is 584. The molecule has 1 aliphatic carbocycles. The molecular formula is C16H17N. The fourth-order valence-electron chi connectivity index (χ4n) is 3.81. The van der Waals surface area contributed by atoms with E-state index in [9.17, 15) is 0 Å². The van der Waals surface area contributed by atoms with Crippen LogP contribution >= 0.6 is 0 Å². The lowest BCUT2D eigenvalue weighted by atomic mass is 9.90. The fraction of sp³-hybridized carbons (Fsp3) is 0.375. The Hall–Kier alpha value is -1.34. The van der Waals surface area contributed by atoms with Crippen LogP contribution in [-0.4, -0.2) is 25.0 Å². The Morgan fingerprint density at radius 2 is 1.94 bits per heavy atom. The second kappa shape index (κ2) is 3.11. The summed E-state index contributed by atoms with van der Waals surface area (Å²) in [7, 11) is 2.25. The van der Waals surface area contributed by atoms with Gasteiger partial charge < -0.3 is 4.90 Å². The molecule has 1 nitrogen and oxygen atoms in total. The summed E-state index contributed by atoms with van der Waals surface area (Å²) in [6, 6.07) is 15.6. The van der Waals surface area contributed by atoms with Crippen LogP contribution in [0.2, 0.25) is 0 Å². The van der Waals surface area contributed by atoms with E-state index in [-0.39, 0.29) is 0 Å². The van der Waals surface area contributed by atoms with Crippen LogP contribution < -0.4 is 0 Å². The molecule has 2 atom stereocenters. The van der Waals surface area contributed by atoms with Crippen molar-refractivity contribution in [2.75, 3.05) is 20.1 Å². The lowest BCUT2D eigenvalue weighted by Crippen LogP contribution is -2.22. The predicted molar refractivity (Wildman–Crippen MR) is 71.2 cm³/mol. The number of likely N-dealkylation sites (N-methyl/N-ethyl adjacent to an activating group) is 1. The van der Waals surface area contributed by atoms with Crippen LogP contribution in [-0.2, 0) is 5.41 Å². The van der Waals surface area contributed by atoms with Gasteiger partial charge in [-0.15, -0.1) is 0 Å². The van der Waals surface area contributed by atoms with Crippen molar-refractivity contribution in [3.63, 3.8) is 0 Å². The number of hydrogen-bond donors (Lipinski definition) is 0. The number of benzene rings is 2. The molecule has 0 bridgehead atoms. The van der Waals surface area contributed by atoms with Crippen molar-refractivity contribution in [3.8, 4) is 0 Å². The summed E-state index contributed by atoms with van der Waals surface area (Å²) in [6.07, 6.45) is 1.39. The highest BCUT2D eigenvalue weighted by atomic mass is 15.2. The molecule has 86 valence electrons. The van der Waals surface area contributed by atoms with Gasteiger partial charge in [-0.2, -0.15) is 0 Å². The summed E-state index contributed by atoms with van der Waals surface area (Å²) >= 11 is 0. The Balaban J connectivity index is 1.92. The number of nitrogens with zero attached hydrogens (tertiary/aromatic N) is 1. The van der Waals surface area contributed by atoms with Gasteiger partial charge >= 0.3 is 0 Å². The van der Waals surface area contributed by atoms with Gasteiger partial charge in [-0.3, -0.25) is 0 Å². The van der Waals surface area contributed by atoms with Gasteiger partial charge in [0.2, 0.25) is 0 Å². The molecule has 0 spiro atoms. The number of rotatable bonds is 1. The number of hydrogen-bond acceptors (Lipinski definition) is 1. The predicted octanol–water partition coefficient (Wildman–Crippen LogP) is 3.04. The summed E-state index contributed by atoms with van der Waals surface area (Å²) < 4.78 is 0. The molecule has 2 aliphatic rings. The number of piperidine rings is 1. The van der Waals surface area contributed by atoms with Gasteiger partial charge in [0, 0.05) is 18.5 Å². The third-order valence-electron chi connectivity index (χ3n) is 4.64. The average molecular weight is 223 g/mol. The quantitative estimate of drug-likeness (QED) is 0.718. The molecule has 2 aromatic rings. The highest BCUT2D eigenvalue weighted by Gasteiger charge is 2.60. The Morgan fingerprint density at radius 1 is 1.12 bits per heavy atom. The van der Waals surface area contributed by atoms with Crippen molar-refractivity contribution in [3.05, 3.63) is 48.0 Å². The monoisotopic (exact) mass is 223 g/mol. The molecule has 2 aromatic carbocycles. The number of fused-ring (bicyclic) bond motifs is 2. The van der Waals surface area contributed by atoms with Crippen LogP contribution in [0.25, 0.3) is 10.8 Å². The minimum Gasteiger partial charge on any atom is -0.305 e. The third kappa shape index (κ3) is 1.23. The molecule has 0 radical (unpaired) electrons. The van der Waals surface area contributed by atoms with E-state index in [0.29, 0.717) is 5.41 Å². The molecule has 1 saturated carbocycles. The first-order valence-corrected chi connectivity index (χ1v) is 6.46. The van der Waals surface area contributed by atoms with Crippen LogP contribution in [0.15, 0.2) is 42.5 Å². The van der Waals surface area contributed by atoms with E-state index < -0.39 is 0 Å². The Labute approximate surface area is 102 Å². The maximum absolute atomic E-state index is 2.48. The van der Waals surface area contributed by atoms with Gasteiger partial charge in [-0.1, -0.05) is 42.5 Å². The molecule has 0 aromatic heterocycles. The van der Waals surface area contributed by atoms with Crippen LogP contribution in [0.4, 0.5) is 0 Å². The summed E-state index contributed by atoms with van der Waals surface area (Å²) in [5, 5.41) is 2.85. The molecule has 1 heteroatoms. The van der Waals surface area contributed by atoms with Crippen LogP contribution in [0, 0.1) is 5.92 Å². The molecule has 1 saturated heterocycles. The third-order valence-corrected chi connectivity index (χ3v) is 4.64. The second-order valence-corrected chi connectivity index (χ2v) is 5.78. The Kier molecular flexibility index (Phi) is 1.77. The van der Waals surface area contributed by atoms with E-state index in [1.165, 1.54) is 30.3 Å². The van der Waals surface area contributed by atoms with E-state index in [0.717, 1.165) is 5.92 Å². The smallest absolute Gasteiger partial charge is 0.0130 e. The lowest BCUT2D eigenvalue weighted by Gasteiger charge is -2.18. The molecular weight excluding hydrogens is 206 g/mol. The van der Waals surface area contributed by atoms with E-state index in [1.807, 2.05) is 0 Å². The first kappa shape index (κ1) is 9.67. The van der Waals surface area contributed by atoms with Gasteiger partial charge in [-0.25, -0.2) is 0 Å². The molecule has 0 N–H and O–H groups in total. The van der Waals surface area contributed by atoms with Crippen molar-refractivity contribution < 1.29 is 0 Å². The van der Waals surface area contributed by atoms with Crippen molar-refractivity contribution in [1.82, 2.24) is 4.90 Å². The second-order valence-electron chi connectivity index (χ2n) is 5.78. The van der Waals surface area contributed by atoms with Crippen molar-refractivity contribution >= 4 is 10.8 Å². The number of likely N-dealkylation sites (tertiary alicyclic amines) is 1. The molecule has 1 aliphatic heterocycles. The molecule has 2 unspecified atom stereocenters. The summed E-state index contributed by atoms with van der Waals surface area (Å²) in [5.74, 6) is 0.901. The molecule has 4 rings (SSSR count). The average Bonchev–Trinajstić information content (AvgIpc) is 2.92. The topological polar surface area (TPSA) is 3.24 Å². The zero-order valence-electron chi connectivity index (χ0n) is 10.2. The molecule has 17 heavy (non-hydrogen) atoms. The largest absolute Gasteiger partial charge is 0.305 e. The summed E-state index contributed by atoms with van der Waals surface area (Å²) in [4.78, 5) is 2.48. The minimum atomic E-state index is 0.482. The zero-order valence-corrected chi connectivity index (χ0v) is 10.2. The van der Waals surface area contributed by atoms with Crippen molar-refractivity contribution in [1.29, 1.82) is 0 Å². The standard InChI is InChI=1S/C16H17N/c1-17-10-13-9-16(13,11-17)15-8-4-6-12-5-2-3-7-14(12)15/h2-8,13H,9-11H2,1H3. The highest BCUT2D eigenvalue weighted by Crippen LogP contribution is 2.59. The fourth-order valence-corrected chi connectivity index (χ4v) is 3.81. The SMILES string of the molecule is CN1CC2CC2(c2cccc3ccccc23)C1. The first-order valence-electron chi connectivity index (χ1n) is 6.46. The van der Waals surface area contributed by atoms with Gasteiger partial charge in [0.15, 0.2) is 0 Å². The molecule has 0 amide bonds. The van der Waals surface area contributed by atoms with E-state index in [1.54, 1.807) is 5.56 Å². The lowest BCUT2D eigenvalue weighted by molar-refractivity contribution is 0.364. The van der Waals surface area contributed by atoms with Crippen LogP contribution in [0.5, 0.6) is 0 Å². The van der Waals surface area contributed by atoms with E-state index >= 15 is 0 Å². The van der Waals surface area contributed by atoms with Gasteiger partial charge in [0.1, 0.15) is 0 Å². The van der Waals surface area contributed by atoms with Gasteiger partial charge in [-0.05, 0) is 35.7 Å². The Morgan fingerprint density at radius 3 is 2.76 bits per heavy atom. The molecule has 2 fully saturated rings. The van der Waals surface area contributed by atoms with Gasteiger partial charge in [0.05, 0.1) is 0 Å². The normalized spacial score (nSPS) is 31.7. The minimum absolute atomic E-state index is 0.482. The van der Waals surface area contributed by atoms with Gasteiger partial charge in [0.25, 0.3) is 0 Å². The van der Waals surface area contributed by atoms with Crippen LogP contribution in [0.3, 0.4) is 0 Å².